The monoisotopic (exact) mass is 369 g/mol. The smallest absolute Gasteiger partial charge is 0.191 e. The number of hydrogen-bond donors (Lipinski definition) is 2. The number of aliphatic imine (C=N–C) groups is 1. The lowest BCUT2D eigenvalue weighted by Crippen LogP contribution is -2.43. The summed E-state index contributed by atoms with van der Waals surface area (Å²) in [5.74, 6) is 2.67. The van der Waals surface area contributed by atoms with Gasteiger partial charge in [-0.25, -0.2) is 0 Å². The van der Waals surface area contributed by atoms with Gasteiger partial charge in [-0.1, -0.05) is 12.1 Å². The maximum absolute atomic E-state index is 12.0. The molecule has 142 valence electrons. The van der Waals surface area contributed by atoms with Crippen LogP contribution in [0, 0.1) is 0 Å². The van der Waals surface area contributed by atoms with E-state index in [-0.39, 0.29) is 10.9 Å². The molecule has 0 heterocycles. The SMILES string of the molecule is CN=C(NCCS(=O)C(C)(C)C)NCC(C)Oc1ccccc1OC. The molecule has 0 fully saturated rings. The van der Waals surface area contributed by atoms with Gasteiger partial charge in [0, 0.05) is 34.9 Å². The zero-order chi connectivity index (χ0) is 18.9. The second-order valence-electron chi connectivity index (χ2n) is 6.62. The van der Waals surface area contributed by atoms with E-state index in [4.69, 9.17) is 9.47 Å². The first-order valence-corrected chi connectivity index (χ1v) is 9.72. The van der Waals surface area contributed by atoms with Gasteiger partial charge in [-0.05, 0) is 39.8 Å². The van der Waals surface area contributed by atoms with Crippen molar-refractivity contribution in [1.29, 1.82) is 0 Å². The van der Waals surface area contributed by atoms with Gasteiger partial charge in [0.25, 0.3) is 0 Å². The number of rotatable bonds is 8. The summed E-state index contributed by atoms with van der Waals surface area (Å²) in [6, 6.07) is 7.56. The van der Waals surface area contributed by atoms with Gasteiger partial charge in [0.15, 0.2) is 17.5 Å². The van der Waals surface area contributed by atoms with Gasteiger partial charge >= 0.3 is 0 Å². The fourth-order valence-corrected chi connectivity index (χ4v) is 2.90. The molecule has 0 radical (unpaired) electrons. The van der Waals surface area contributed by atoms with E-state index in [1.807, 2.05) is 52.0 Å². The molecular formula is C18H31N3O3S. The number of nitrogens with zero attached hydrogens (tertiary/aromatic N) is 1. The van der Waals surface area contributed by atoms with Crippen molar-refractivity contribution < 1.29 is 13.7 Å². The third kappa shape index (κ3) is 7.77. The van der Waals surface area contributed by atoms with Gasteiger partial charge in [0.2, 0.25) is 0 Å². The Bertz CT molecular complexity index is 585. The number of nitrogens with one attached hydrogen (secondary N) is 2. The molecule has 0 aliphatic rings. The molecule has 1 rings (SSSR count). The van der Waals surface area contributed by atoms with Crippen LogP contribution in [0.2, 0.25) is 0 Å². The molecule has 2 unspecified atom stereocenters. The van der Waals surface area contributed by atoms with E-state index in [0.717, 1.165) is 0 Å². The predicted octanol–water partition coefficient (Wildman–Crippen LogP) is 2.17. The highest BCUT2D eigenvalue weighted by Gasteiger charge is 2.18. The summed E-state index contributed by atoms with van der Waals surface area (Å²) in [5, 5.41) is 6.39. The maximum atomic E-state index is 12.0. The van der Waals surface area contributed by atoms with Crippen LogP contribution < -0.4 is 20.1 Å². The molecule has 7 heteroatoms. The zero-order valence-electron chi connectivity index (χ0n) is 16.1. The van der Waals surface area contributed by atoms with Crippen LogP contribution in [0.25, 0.3) is 0 Å². The molecule has 0 saturated carbocycles. The van der Waals surface area contributed by atoms with Crippen LogP contribution in [0.5, 0.6) is 11.5 Å². The second kappa shape index (κ2) is 10.3. The summed E-state index contributed by atoms with van der Waals surface area (Å²) < 4.78 is 23.0. The Balaban J connectivity index is 2.40. The number of benzene rings is 1. The van der Waals surface area contributed by atoms with Gasteiger partial charge in [0.05, 0.1) is 13.7 Å². The van der Waals surface area contributed by atoms with Gasteiger partial charge in [0.1, 0.15) is 6.10 Å². The Morgan fingerprint density at radius 2 is 1.88 bits per heavy atom. The lowest BCUT2D eigenvalue weighted by atomic mass is 10.3. The van der Waals surface area contributed by atoms with Gasteiger partial charge in [-0.15, -0.1) is 0 Å². The first-order valence-electron chi connectivity index (χ1n) is 8.40. The van der Waals surface area contributed by atoms with Crippen LogP contribution in [0.1, 0.15) is 27.7 Å². The van der Waals surface area contributed by atoms with Crippen molar-refractivity contribution >= 4 is 16.8 Å². The lowest BCUT2D eigenvalue weighted by Gasteiger charge is -2.20. The van der Waals surface area contributed by atoms with E-state index in [9.17, 15) is 4.21 Å². The molecular weight excluding hydrogens is 338 g/mol. The Labute approximate surface area is 153 Å². The Morgan fingerprint density at radius 3 is 2.44 bits per heavy atom. The number of ether oxygens (including phenoxy) is 2. The average Bonchev–Trinajstić information content (AvgIpc) is 2.57. The van der Waals surface area contributed by atoms with Crippen LogP contribution in [-0.2, 0) is 10.8 Å². The Hall–Kier alpha value is -1.76. The largest absolute Gasteiger partial charge is 0.493 e. The molecule has 2 N–H and O–H groups in total. The molecule has 0 spiro atoms. The summed E-state index contributed by atoms with van der Waals surface area (Å²) in [5.41, 5.74) is 0. The van der Waals surface area contributed by atoms with Crippen LogP contribution in [-0.4, -0.2) is 54.0 Å². The van der Waals surface area contributed by atoms with Crippen molar-refractivity contribution in [2.45, 2.75) is 38.5 Å². The van der Waals surface area contributed by atoms with Crippen molar-refractivity contribution in [3.8, 4) is 11.5 Å². The topological polar surface area (TPSA) is 72.0 Å². The highest BCUT2D eigenvalue weighted by Crippen LogP contribution is 2.26. The minimum atomic E-state index is -0.883. The lowest BCUT2D eigenvalue weighted by molar-refractivity contribution is 0.213. The molecule has 6 nitrogen and oxygen atoms in total. The second-order valence-corrected chi connectivity index (χ2v) is 8.95. The minimum absolute atomic E-state index is 0.0708. The third-order valence-electron chi connectivity index (χ3n) is 3.44. The average molecular weight is 370 g/mol. The fraction of sp³-hybridized carbons (Fsp3) is 0.611. The van der Waals surface area contributed by atoms with Crippen LogP contribution in [0.4, 0.5) is 0 Å². The molecule has 1 aromatic carbocycles. The summed E-state index contributed by atoms with van der Waals surface area (Å²) >= 11 is 0. The van der Waals surface area contributed by atoms with Crippen molar-refractivity contribution in [1.82, 2.24) is 10.6 Å². The minimum Gasteiger partial charge on any atom is -0.493 e. The number of hydrogen-bond acceptors (Lipinski definition) is 4. The van der Waals surface area contributed by atoms with E-state index in [1.165, 1.54) is 0 Å². The summed E-state index contributed by atoms with van der Waals surface area (Å²) in [7, 11) is 2.45. The quantitative estimate of drug-likeness (QED) is 0.543. The van der Waals surface area contributed by atoms with E-state index in [0.29, 0.717) is 36.3 Å². The molecule has 0 aliphatic carbocycles. The van der Waals surface area contributed by atoms with E-state index >= 15 is 0 Å². The van der Waals surface area contributed by atoms with Crippen LogP contribution >= 0.6 is 0 Å². The van der Waals surface area contributed by atoms with Gasteiger partial charge in [-0.3, -0.25) is 9.20 Å². The zero-order valence-corrected chi connectivity index (χ0v) is 16.9. The summed E-state index contributed by atoms with van der Waals surface area (Å²) in [6.07, 6.45) is -0.0708. The standard InChI is InChI=1S/C18H31N3O3S/c1-14(24-16-10-8-7-9-15(16)23-6)13-21-17(19-5)20-11-12-25(22)18(2,3)4/h7-10,14H,11-13H2,1-6H3,(H2,19,20,21). The first kappa shape index (κ1) is 21.3. The fourth-order valence-electron chi connectivity index (χ4n) is 2.00. The molecule has 2 atom stereocenters. The third-order valence-corrected chi connectivity index (χ3v) is 5.38. The Morgan fingerprint density at radius 1 is 1.24 bits per heavy atom. The van der Waals surface area contributed by atoms with Crippen molar-refractivity contribution in [3.63, 3.8) is 0 Å². The predicted molar refractivity (Wildman–Crippen MR) is 105 cm³/mol. The molecule has 0 amide bonds. The van der Waals surface area contributed by atoms with E-state index in [1.54, 1.807) is 14.2 Å². The van der Waals surface area contributed by atoms with Gasteiger partial charge < -0.3 is 20.1 Å². The summed E-state index contributed by atoms with van der Waals surface area (Å²) in [4.78, 5) is 4.18. The highest BCUT2D eigenvalue weighted by atomic mass is 32.2. The van der Waals surface area contributed by atoms with E-state index in [2.05, 4.69) is 15.6 Å². The molecule has 0 saturated heterocycles. The van der Waals surface area contributed by atoms with Crippen LogP contribution in [0.3, 0.4) is 0 Å². The molecule has 0 bridgehead atoms. The molecule has 0 aromatic heterocycles. The molecule has 0 aliphatic heterocycles. The van der Waals surface area contributed by atoms with Crippen molar-refractivity contribution in [2.24, 2.45) is 4.99 Å². The van der Waals surface area contributed by atoms with E-state index < -0.39 is 10.8 Å². The first-order chi connectivity index (χ1) is 11.8. The highest BCUT2D eigenvalue weighted by molar-refractivity contribution is 7.86. The van der Waals surface area contributed by atoms with Gasteiger partial charge in [-0.2, -0.15) is 0 Å². The normalized spacial score (nSPS) is 14.6. The number of para-hydroxylation sites is 2. The number of guanidine groups is 1. The maximum Gasteiger partial charge on any atom is 0.191 e. The number of methoxy groups -OCH3 is 1. The molecule has 25 heavy (non-hydrogen) atoms. The van der Waals surface area contributed by atoms with Crippen molar-refractivity contribution in [2.75, 3.05) is 33.0 Å². The summed E-state index contributed by atoms with van der Waals surface area (Å²) in [6.45, 7) is 9.10. The van der Waals surface area contributed by atoms with Crippen LogP contribution in [0.15, 0.2) is 29.3 Å². The molecule has 1 aromatic rings. The van der Waals surface area contributed by atoms with Crippen molar-refractivity contribution in [3.05, 3.63) is 24.3 Å². The Kier molecular flexibility index (Phi) is 8.75.